The molecule has 29 heavy (non-hydrogen) atoms. The van der Waals surface area contributed by atoms with Crippen molar-refractivity contribution >= 4 is 22.5 Å². The second-order valence-electron chi connectivity index (χ2n) is 7.11. The Bertz CT molecular complexity index is 1060. The molecule has 3 rings (SSSR count). The lowest BCUT2D eigenvalue weighted by atomic mass is 10.2. The van der Waals surface area contributed by atoms with Gasteiger partial charge in [-0.3, -0.25) is 14.5 Å². The fraction of sp³-hybridized carbons (Fsp3) is 0.318. The monoisotopic (exact) mass is 396 g/mol. The smallest absolute Gasteiger partial charge is 0.258 e. The Morgan fingerprint density at radius 3 is 2.79 bits per heavy atom. The highest BCUT2D eigenvalue weighted by Crippen LogP contribution is 2.14. The summed E-state index contributed by atoms with van der Waals surface area (Å²) >= 11 is 0. The van der Waals surface area contributed by atoms with Gasteiger partial charge in [0.1, 0.15) is 11.6 Å². The van der Waals surface area contributed by atoms with Crippen molar-refractivity contribution in [3.63, 3.8) is 0 Å². The molecule has 7 heteroatoms. The molecule has 0 saturated heterocycles. The van der Waals surface area contributed by atoms with E-state index in [-0.39, 0.29) is 23.8 Å². The van der Waals surface area contributed by atoms with Crippen molar-refractivity contribution in [3.05, 3.63) is 70.0 Å². The van der Waals surface area contributed by atoms with Gasteiger partial charge < -0.3 is 10.3 Å². The van der Waals surface area contributed by atoms with Crippen LogP contribution < -0.4 is 10.9 Å². The highest BCUT2D eigenvalue weighted by atomic mass is 19.1. The lowest BCUT2D eigenvalue weighted by Crippen LogP contribution is -2.34. The number of carbonyl (C=O) groups excluding carboxylic acids is 1. The normalized spacial score (nSPS) is 11.2. The molecule has 2 aromatic carbocycles. The number of rotatable bonds is 8. The van der Waals surface area contributed by atoms with E-state index in [9.17, 15) is 14.0 Å². The first kappa shape index (κ1) is 20.7. The van der Waals surface area contributed by atoms with Crippen molar-refractivity contribution in [1.82, 2.24) is 14.9 Å². The number of fused-ring (bicyclic) bond motifs is 1. The summed E-state index contributed by atoms with van der Waals surface area (Å²) in [5.74, 6) is -0.0879. The molecule has 0 saturated carbocycles. The van der Waals surface area contributed by atoms with Gasteiger partial charge in [-0.15, -0.1) is 0 Å². The van der Waals surface area contributed by atoms with Crippen LogP contribution in [0.4, 0.5) is 10.1 Å². The Kier molecular flexibility index (Phi) is 6.72. The van der Waals surface area contributed by atoms with Gasteiger partial charge in [-0.25, -0.2) is 9.37 Å². The highest BCUT2D eigenvalue weighted by Gasteiger charge is 2.14. The lowest BCUT2D eigenvalue weighted by molar-refractivity contribution is -0.117. The molecule has 0 aliphatic carbocycles. The van der Waals surface area contributed by atoms with Crippen molar-refractivity contribution in [1.29, 1.82) is 0 Å². The number of carbonyl (C=O) groups is 1. The van der Waals surface area contributed by atoms with Crippen molar-refractivity contribution in [2.45, 2.75) is 33.2 Å². The molecule has 0 bridgehead atoms. The van der Waals surface area contributed by atoms with Crippen LogP contribution in [0.5, 0.6) is 0 Å². The number of H-pyrrole nitrogens is 1. The van der Waals surface area contributed by atoms with E-state index in [1.807, 2.05) is 11.0 Å². The molecule has 0 aliphatic rings. The summed E-state index contributed by atoms with van der Waals surface area (Å²) in [4.78, 5) is 34.0. The summed E-state index contributed by atoms with van der Waals surface area (Å²) in [6.45, 7) is 4.89. The van der Waals surface area contributed by atoms with Crippen molar-refractivity contribution in [2.75, 3.05) is 18.4 Å². The standard InChI is InChI=1S/C22H25FN4O2/c1-3-4-11-27(14-21(28)24-16-10-9-15(2)18(23)12-16)13-20-25-19-8-6-5-7-17(19)22(29)26-20/h5-10,12H,3-4,11,13-14H2,1-2H3,(H,24,28)(H,25,26,29). The van der Waals surface area contributed by atoms with Crippen LogP contribution >= 0.6 is 0 Å². The fourth-order valence-electron chi connectivity index (χ4n) is 3.09. The quantitative estimate of drug-likeness (QED) is 0.610. The van der Waals surface area contributed by atoms with Crippen molar-refractivity contribution < 1.29 is 9.18 Å². The zero-order valence-electron chi connectivity index (χ0n) is 16.7. The molecule has 0 spiro atoms. The van der Waals surface area contributed by atoms with Gasteiger partial charge in [0, 0.05) is 5.69 Å². The van der Waals surface area contributed by atoms with Crippen LogP contribution in [-0.2, 0) is 11.3 Å². The van der Waals surface area contributed by atoms with Crippen LogP contribution in [0.2, 0.25) is 0 Å². The number of para-hydroxylation sites is 1. The van der Waals surface area contributed by atoms with E-state index in [2.05, 4.69) is 22.2 Å². The number of aromatic amines is 1. The minimum absolute atomic E-state index is 0.117. The summed E-state index contributed by atoms with van der Waals surface area (Å²) in [7, 11) is 0. The first-order valence-electron chi connectivity index (χ1n) is 9.72. The molecule has 152 valence electrons. The number of unbranched alkanes of at least 4 members (excludes halogenated alkanes) is 1. The van der Waals surface area contributed by atoms with Gasteiger partial charge in [-0.2, -0.15) is 0 Å². The summed E-state index contributed by atoms with van der Waals surface area (Å²) in [5, 5.41) is 3.27. The van der Waals surface area contributed by atoms with Crippen LogP contribution in [0.15, 0.2) is 47.3 Å². The van der Waals surface area contributed by atoms with Crippen LogP contribution in [0.1, 0.15) is 31.2 Å². The lowest BCUT2D eigenvalue weighted by Gasteiger charge is -2.21. The van der Waals surface area contributed by atoms with Gasteiger partial charge >= 0.3 is 0 Å². The number of aryl methyl sites for hydroxylation is 1. The maximum Gasteiger partial charge on any atom is 0.258 e. The Balaban J connectivity index is 1.73. The average Bonchev–Trinajstić information content (AvgIpc) is 2.69. The molecule has 1 heterocycles. The molecular formula is C22H25FN4O2. The number of hydrogen-bond donors (Lipinski definition) is 2. The number of amides is 1. The zero-order chi connectivity index (χ0) is 20.8. The van der Waals surface area contributed by atoms with E-state index >= 15 is 0 Å². The second kappa shape index (κ2) is 9.43. The first-order chi connectivity index (χ1) is 14.0. The molecule has 0 fully saturated rings. The Morgan fingerprint density at radius 2 is 2.03 bits per heavy atom. The van der Waals surface area contributed by atoms with E-state index in [1.54, 1.807) is 37.3 Å². The minimum atomic E-state index is -0.358. The summed E-state index contributed by atoms with van der Waals surface area (Å²) in [6.07, 6.45) is 1.88. The summed E-state index contributed by atoms with van der Waals surface area (Å²) in [6, 6.07) is 11.8. The molecule has 0 radical (unpaired) electrons. The molecule has 0 unspecified atom stereocenters. The van der Waals surface area contributed by atoms with Crippen LogP contribution in [0.3, 0.4) is 0 Å². The Morgan fingerprint density at radius 1 is 1.24 bits per heavy atom. The van der Waals surface area contributed by atoms with Gasteiger partial charge in [0.05, 0.1) is 24.0 Å². The number of hydrogen-bond acceptors (Lipinski definition) is 4. The summed E-state index contributed by atoms with van der Waals surface area (Å²) < 4.78 is 13.7. The van der Waals surface area contributed by atoms with Crippen LogP contribution in [0.25, 0.3) is 10.9 Å². The van der Waals surface area contributed by atoms with E-state index in [4.69, 9.17) is 0 Å². The molecule has 1 aromatic heterocycles. The maximum atomic E-state index is 13.7. The SMILES string of the molecule is CCCCN(CC(=O)Nc1ccc(C)c(F)c1)Cc1nc2ccccc2c(=O)[nH]1. The van der Waals surface area contributed by atoms with Gasteiger partial charge in [0.15, 0.2) is 0 Å². The molecule has 6 nitrogen and oxygen atoms in total. The second-order valence-corrected chi connectivity index (χ2v) is 7.11. The van der Waals surface area contributed by atoms with Gasteiger partial charge in [-0.1, -0.05) is 31.5 Å². The van der Waals surface area contributed by atoms with Crippen LogP contribution in [0, 0.1) is 12.7 Å². The maximum absolute atomic E-state index is 13.7. The average molecular weight is 396 g/mol. The topological polar surface area (TPSA) is 78.1 Å². The number of aromatic nitrogens is 2. The third kappa shape index (κ3) is 5.48. The molecule has 1 amide bonds. The van der Waals surface area contributed by atoms with Gasteiger partial charge in [0.25, 0.3) is 5.56 Å². The Labute approximate surface area is 168 Å². The molecule has 0 atom stereocenters. The fourth-order valence-corrected chi connectivity index (χ4v) is 3.09. The predicted octanol–water partition coefficient (Wildman–Crippen LogP) is 3.61. The number of nitrogens with zero attached hydrogens (tertiary/aromatic N) is 2. The highest BCUT2D eigenvalue weighted by molar-refractivity contribution is 5.92. The predicted molar refractivity (Wildman–Crippen MR) is 112 cm³/mol. The van der Waals surface area contributed by atoms with E-state index < -0.39 is 0 Å². The zero-order valence-corrected chi connectivity index (χ0v) is 16.7. The minimum Gasteiger partial charge on any atom is -0.325 e. The third-order valence-corrected chi connectivity index (χ3v) is 4.69. The first-order valence-corrected chi connectivity index (χ1v) is 9.72. The van der Waals surface area contributed by atoms with E-state index in [0.29, 0.717) is 41.1 Å². The van der Waals surface area contributed by atoms with E-state index in [1.165, 1.54) is 6.07 Å². The Hall–Kier alpha value is -3.06. The molecular weight excluding hydrogens is 371 g/mol. The van der Waals surface area contributed by atoms with Crippen molar-refractivity contribution in [2.24, 2.45) is 0 Å². The molecule has 3 aromatic rings. The van der Waals surface area contributed by atoms with E-state index in [0.717, 1.165) is 12.8 Å². The van der Waals surface area contributed by atoms with Gasteiger partial charge in [-0.05, 0) is 49.7 Å². The van der Waals surface area contributed by atoms with Crippen molar-refractivity contribution in [3.8, 4) is 0 Å². The number of benzene rings is 2. The number of nitrogens with one attached hydrogen (secondary N) is 2. The summed E-state index contributed by atoms with van der Waals surface area (Å²) in [5.41, 5.74) is 1.38. The number of anilines is 1. The van der Waals surface area contributed by atoms with Crippen LogP contribution in [-0.4, -0.2) is 33.9 Å². The third-order valence-electron chi connectivity index (χ3n) is 4.69. The molecule has 2 N–H and O–H groups in total. The molecule has 0 aliphatic heterocycles. The largest absolute Gasteiger partial charge is 0.325 e. The van der Waals surface area contributed by atoms with Gasteiger partial charge in [0.2, 0.25) is 5.91 Å². The number of halogens is 1.